The molecule has 1 rings (SSSR count). The zero-order valence-corrected chi connectivity index (χ0v) is 16.2. The fourth-order valence-electron chi connectivity index (χ4n) is 3.38. The molecule has 0 spiro atoms. The largest absolute Gasteiger partial charge is 0.256 e. The zero-order valence-electron chi connectivity index (χ0n) is 16.2. The van der Waals surface area contributed by atoms with Crippen molar-refractivity contribution in [3.8, 4) is 0 Å². The molecule has 23 heavy (non-hydrogen) atoms. The predicted molar refractivity (Wildman–Crippen MR) is 101 cm³/mol. The number of aromatic nitrogens is 2. The Hall–Kier alpha value is -0.790. The molecule has 1 heterocycles. The molecule has 2 heteroatoms. The Morgan fingerprint density at radius 3 is 1.87 bits per heavy atom. The number of aryl methyl sites for hydroxylation is 2. The van der Waals surface area contributed by atoms with Crippen molar-refractivity contribution in [2.45, 2.75) is 110 Å². The van der Waals surface area contributed by atoms with E-state index in [1.165, 1.54) is 102 Å². The first-order valence-corrected chi connectivity index (χ1v) is 10.3. The van der Waals surface area contributed by atoms with Crippen LogP contribution in [0.25, 0.3) is 0 Å². The summed E-state index contributed by atoms with van der Waals surface area (Å²) in [5, 5.41) is 0. The zero-order chi connectivity index (χ0) is 16.8. The van der Waals surface area contributed by atoms with E-state index in [1.807, 2.05) is 0 Å². The van der Waals surface area contributed by atoms with E-state index >= 15 is 0 Å². The Balaban J connectivity index is 2.13. The molecule has 0 aliphatic rings. The van der Waals surface area contributed by atoms with Crippen molar-refractivity contribution >= 4 is 0 Å². The Morgan fingerprint density at radius 2 is 1.26 bits per heavy atom. The van der Waals surface area contributed by atoms with Crippen LogP contribution in [0, 0.1) is 0 Å². The number of nitrogens with zero attached hydrogens (tertiary/aromatic N) is 2. The highest BCUT2D eigenvalue weighted by atomic mass is 15.1. The average molecular weight is 322 g/mol. The lowest BCUT2D eigenvalue weighted by molar-refractivity contribution is -0.704. The van der Waals surface area contributed by atoms with Gasteiger partial charge in [0.15, 0.2) is 0 Å². The van der Waals surface area contributed by atoms with Crippen LogP contribution in [-0.4, -0.2) is 4.57 Å². The Morgan fingerprint density at radius 1 is 0.739 bits per heavy atom. The summed E-state index contributed by atoms with van der Waals surface area (Å²) in [6, 6.07) is 0. The number of rotatable bonds is 15. The summed E-state index contributed by atoms with van der Waals surface area (Å²) in [7, 11) is 2.20. The second-order valence-electron chi connectivity index (χ2n) is 7.16. The Labute approximate surface area is 145 Å². The van der Waals surface area contributed by atoms with Crippen LogP contribution in [0.2, 0.25) is 0 Å². The maximum Gasteiger partial charge on any atom is 0.256 e. The van der Waals surface area contributed by atoms with Gasteiger partial charge in [0.05, 0.1) is 13.6 Å². The molecule has 0 N–H and O–H groups in total. The van der Waals surface area contributed by atoms with Gasteiger partial charge in [-0.3, -0.25) is 0 Å². The van der Waals surface area contributed by atoms with E-state index in [2.05, 4.69) is 42.4 Å². The topological polar surface area (TPSA) is 8.81 Å². The highest BCUT2D eigenvalue weighted by Crippen LogP contribution is 2.11. The second-order valence-corrected chi connectivity index (χ2v) is 7.16. The van der Waals surface area contributed by atoms with Gasteiger partial charge in [-0.05, 0) is 19.3 Å². The minimum absolute atomic E-state index is 1.20. The summed E-state index contributed by atoms with van der Waals surface area (Å²) in [6.07, 6.45) is 23.9. The second kappa shape index (κ2) is 13.6. The minimum atomic E-state index is 1.20. The summed E-state index contributed by atoms with van der Waals surface area (Å²) in [4.78, 5) is 0. The minimum Gasteiger partial charge on any atom is -0.237 e. The molecule has 0 aromatic carbocycles. The van der Waals surface area contributed by atoms with Crippen LogP contribution < -0.4 is 4.57 Å². The van der Waals surface area contributed by atoms with Gasteiger partial charge in [0.2, 0.25) is 0 Å². The summed E-state index contributed by atoms with van der Waals surface area (Å²) in [5.41, 5.74) is 0. The smallest absolute Gasteiger partial charge is 0.237 e. The van der Waals surface area contributed by atoms with Gasteiger partial charge in [0.1, 0.15) is 12.4 Å². The fraction of sp³-hybridized carbons (Fsp3) is 0.857. The molecule has 2 nitrogen and oxygen atoms in total. The third-order valence-corrected chi connectivity index (χ3v) is 4.97. The lowest BCUT2D eigenvalue weighted by Crippen LogP contribution is -2.37. The lowest BCUT2D eigenvalue weighted by Gasteiger charge is -2.04. The molecule has 1 aromatic rings. The SMILES string of the molecule is CCCCCCCCCCCc1n(C)cc[n+]1CCCCCC. The molecular weight excluding hydrogens is 280 g/mol. The van der Waals surface area contributed by atoms with Crippen LogP contribution in [0.1, 0.15) is 103 Å². The normalized spacial score (nSPS) is 11.3. The van der Waals surface area contributed by atoms with Gasteiger partial charge in [-0.25, -0.2) is 9.13 Å². The molecular formula is C21H41N2+. The predicted octanol–water partition coefficient (Wildman–Crippen LogP) is 5.97. The van der Waals surface area contributed by atoms with E-state index < -0.39 is 0 Å². The van der Waals surface area contributed by atoms with Gasteiger partial charge in [0, 0.05) is 6.42 Å². The molecule has 0 saturated heterocycles. The van der Waals surface area contributed by atoms with E-state index in [4.69, 9.17) is 0 Å². The third-order valence-electron chi connectivity index (χ3n) is 4.97. The van der Waals surface area contributed by atoms with Crippen LogP contribution in [0.3, 0.4) is 0 Å². The maximum atomic E-state index is 2.49. The monoisotopic (exact) mass is 321 g/mol. The standard InChI is InChI=1S/C21H41N2/c1-4-6-8-10-11-12-13-14-15-17-21-22(3)19-20-23(21)18-16-9-7-5-2/h19-20H,4-18H2,1-3H3/q+1. The van der Waals surface area contributed by atoms with Crippen molar-refractivity contribution in [3.63, 3.8) is 0 Å². The van der Waals surface area contributed by atoms with E-state index in [0.29, 0.717) is 0 Å². The molecule has 0 atom stereocenters. The molecule has 134 valence electrons. The quantitative estimate of drug-likeness (QED) is 0.278. The number of hydrogen-bond acceptors (Lipinski definition) is 0. The van der Waals surface area contributed by atoms with Crippen molar-refractivity contribution in [1.82, 2.24) is 4.57 Å². The van der Waals surface area contributed by atoms with Crippen LogP contribution in [0.15, 0.2) is 12.4 Å². The van der Waals surface area contributed by atoms with Crippen molar-refractivity contribution in [1.29, 1.82) is 0 Å². The Kier molecular flexibility index (Phi) is 12.0. The van der Waals surface area contributed by atoms with Gasteiger partial charge < -0.3 is 0 Å². The molecule has 0 fully saturated rings. The molecule has 0 radical (unpaired) electrons. The molecule has 0 unspecified atom stereocenters. The highest BCUT2D eigenvalue weighted by molar-refractivity contribution is 4.82. The molecule has 0 saturated carbocycles. The van der Waals surface area contributed by atoms with Crippen LogP contribution in [0.5, 0.6) is 0 Å². The molecule has 1 aromatic heterocycles. The summed E-state index contributed by atoms with van der Waals surface area (Å²) < 4.78 is 4.81. The molecule has 0 bridgehead atoms. The molecule has 0 amide bonds. The molecule has 0 aliphatic heterocycles. The van der Waals surface area contributed by atoms with Crippen molar-refractivity contribution in [2.24, 2.45) is 7.05 Å². The van der Waals surface area contributed by atoms with Gasteiger partial charge in [-0.2, -0.15) is 0 Å². The van der Waals surface area contributed by atoms with Crippen molar-refractivity contribution < 1.29 is 4.57 Å². The summed E-state index contributed by atoms with van der Waals surface area (Å²) in [6.45, 7) is 5.78. The maximum absolute atomic E-state index is 2.49. The van der Waals surface area contributed by atoms with Crippen LogP contribution in [-0.2, 0) is 20.0 Å². The third kappa shape index (κ3) is 9.17. The van der Waals surface area contributed by atoms with E-state index in [1.54, 1.807) is 0 Å². The first kappa shape index (κ1) is 20.3. The van der Waals surface area contributed by atoms with Crippen LogP contribution in [0.4, 0.5) is 0 Å². The van der Waals surface area contributed by atoms with Gasteiger partial charge in [-0.15, -0.1) is 0 Å². The van der Waals surface area contributed by atoms with Crippen LogP contribution >= 0.6 is 0 Å². The van der Waals surface area contributed by atoms with E-state index in [9.17, 15) is 0 Å². The average Bonchev–Trinajstić information content (AvgIpc) is 2.90. The van der Waals surface area contributed by atoms with Gasteiger partial charge >= 0.3 is 0 Å². The van der Waals surface area contributed by atoms with E-state index in [-0.39, 0.29) is 0 Å². The highest BCUT2D eigenvalue weighted by Gasteiger charge is 2.13. The first-order valence-electron chi connectivity index (χ1n) is 10.3. The first-order chi connectivity index (χ1) is 11.3. The fourth-order valence-corrected chi connectivity index (χ4v) is 3.38. The number of hydrogen-bond donors (Lipinski definition) is 0. The number of imidazole rings is 1. The lowest BCUT2D eigenvalue weighted by atomic mass is 10.1. The van der Waals surface area contributed by atoms with E-state index in [0.717, 1.165) is 0 Å². The van der Waals surface area contributed by atoms with Crippen molar-refractivity contribution in [3.05, 3.63) is 18.2 Å². The molecule has 0 aliphatic carbocycles. The number of unbranched alkanes of at least 4 members (excludes halogenated alkanes) is 11. The Bertz CT molecular complexity index is 381. The van der Waals surface area contributed by atoms with Gasteiger partial charge in [-0.1, -0.05) is 78.1 Å². The summed E-state index contributed by atoms with van der Waals surface area (Å²) >= 11 is 0. The van der Waals surface area contributed by atoms with Gasteiger partial charge in [0.25, 0.3) is 5.82 Å². The van der Waals surface area contributed by atoms with Crippen molar-refractivity contribution in [2.75, 3.05) is 0 Å². The summed E-state index contributed by atoms with van der Waals surface area (Å²) in [5.74, 6) is 1.52.